The molecule has 6 nitrogen and oxygen atoms in total. The van der Waals surface area contributed by atoms with Gasteiger partial charge in [-0.05, 0) is 81.2 Å². The molecule has 260 valence electrons. The lowest BCUT2D eigenvalue weighted by Crippen LogP contribution is -2.39. The van der Waals surface area contributed by atoms with E-state index in [1.165, 1.54) is 0 Å². The smallest absolute Gasteiger partial charge is 0.228 e. The second-order valence-electron chi connectivity index (χ2n) is 13.4. The fourth-order valence-corrected chi connectivity index (χ4v) is 7.20. The lowest BCUT2D eigenvalue weighted by atomic mass is 9.77. The molecule has 1 N–H and O–H groups in total. The molecule has 0 spiro atoms. The number of hydrogen-bond acceptors (Lipinski definition) is 4. The van der Waals surface area contributed by atoms with Crippen LogP contribution in [0.5, 0.6) is 5.75 Å². The fraction of sp³-hybridized carbons (Fsp3) is 0.238. The Hall–Kier alpha value is -5.41. The van der Waals surface area contributed by atoms with Gasteiger partial charge in [-0.3, -0.25) is 4.79 Å². The number of nitrogens with one attached hydrogen (secondary N) is 1. The zero-order chi connectivity index (χ0) is 35.7. The van der Waals surface area contributed by atoms with Gasteiger partial charge in [-0.1, -0.05) is 97.1 Å². The molecular weight excluding hydrogens is 649 g/mol. The molecular formula is C42H39F3N4O2. The molecule has 0 radical (unpaired) electrons. The van der Waals surface area contributed by atoms with Gasteiger partial charge in [0, 0.05) is 17.4 Å². The second kappa shape index (κ2) is 14.1. The van der Waals surface area contributed by atoms with Crippen LogP contribution in [-0.4, -0.2) is 46.8 Å². The highest BCUT2D eigenvalue weighted by Gasteiger charge is 2.41. The maximum Gasteiger partial charge on any atom is 0.228 e. The summed E-state index contributed by atoms with van der Waals surface area (Å²) in [5.74, 6) is -4.13. The van der Waals surface area contributed by atoms with Crippen LogP contribution in [-0.2, 0) is 10.3 Å². The van der Waals surface area contributed by atoms with Crippen LogP contribution in [0.25, 0.3) is 22.0 Å². The van der Waals surface area contributed by atoms with Crippen LogP contribution in [0.2, 0.25) is 0 Å². The summed E-state index contributed by atoms with van der Waals surface area (Å²) in [5, 5.41) is 8.77. The van der Waals surface area contributed by atoms with Crippen LogP contribution in [0.4, 0.5) is 19.0 Å². The fourth-order valence-electron chi connectivity index (χ4n) is 7.20. The maximum absolute atomic E-state index is 16.0. The third-order valence-corrected chi connectivity index (χ3v) is 9.67. The third kappa shape index (κ3) is 6.27. The van der Waals surface area contributed by atoms with Crippen molar-refractivity contribution < 1.29 is 22.7 Å². The van der Waals surface area contributed by atoms with Crippen molar-refractivity contribution in [1.29, 1.82) is 0 Å². The van der Waals surface area contributed by atoms with Gasteiger partial charge in [0.2, 0.25) is 5.91 Å². The standard InChI is InChI=1S/C42H39F3N4O2/c1-27(2)51-39-35(44)26-34(43)37(38(39)45)29-19-20-36-33(25-29)40(46-41(50)28-21-23-48(3)24-22-28)47-49(36)42(30-13-7-4-8-14-30,31-15-9-5-10-16-31)32-17-11-6-12-18-32/h4-20,25-28H,21-24H2,1-3H3,(H,46,47,50). The second-order valence-corrected chi connectivity index (χ2v) is 13.4. The molecule has 1 aliphatic rings. The van der Waals surface area contributed by atoms with Crippen LogP contribution in [0.15, 0.2) is 115 Å². The normalized spacial score (nSPS) is 14.3. The van der Waals surface area contributed by atoms with Crippen LogP contribution < -0.4 is 10.1 Å². The molecule has 7 rings (SSSR count). The van der Waals surface area contributed by atoms with Gasteiger partial charge in [0.15, 0.2) is 23.2 Å². The Bertz CT molecular complexity index is 2070. The zero-order valence-electron chi connectivity index (χ0n) is 28.7. The van der Waals surface area contributed by atoms with Crippen LogP contribution in [0, 0.1) is 23.4 Å². The van der Waals surface area contributed by atoms with E-state index in [1.807, 2.05) is 103 Å². The molecule has 0 aliphatic carbocycles. The van der Waals surface area contributed by atoms with Gasteiger partial charge in [0.25, 0.3) is 0 Å². The quantitative estimate of drug-likeness (QED) is 0.154. The van der Waals surface area contributed by atoms with Crippen molar-refractivity contribution >= 4 is 22.6 Å². The number of fused-ring (bicyclic) bond motifs is 1. The molecule has 5 aromatic carbocycles. The Kier molecular flexibility index (Phi) is 9.40. The molecule has 0 unspecified atom stereocenters. The molecule has 9 heteroatoms. The van der Waals surface area contributed by atoms with Crippen molar-refractivity contribution in [2.24, 2.45) is 5.92 Å². The van der Waals surface area contributed by atoms with Crippen molar-refractivity contribution in [3.05, 3.63) is 149 Å². The summed E-state index contributed by atoms with van der Waals surface area (Å²) in [7, 11) is 2.03. The molecule has 51 heavy (non-hydrogen) atoms. The Morgan fingerprint density at radius 1 is 0.804 bits per heavy atom. The molecule has 0 atom stereocenters. The molecule has 1 fully saturated rings. The van der Waals surface area contributed by atoms with Crippen molar-refractivity contribution in [3.8, 4) is 16.9 Å². The van der Waals surface area contributed by atoms with E-state index >= 15 is 8.78 Å². The minimum absolute atomic E-state index is 0.144. The topological polar surface area (TPSA) is 59.4 Å². The third-order valence-electron chi connectivity index (χ3n) is 9.67. The Morgan fingerprint density at radius 3 is 1.88 bits per heavy atom. The molecule has 0 saturated carbocycles. The number of piperidine rings is 1. The summed E-state index contributed by atoms with van der Waals surface area (Å²) in [6, 6.07) is 35.5. The number of hydrogen-bond donors (Lipinski definition) is 1. The highest BCUT2D eigenvalue weighted by Crippen LogP contribution is 2.45. The van der Waals surface area contributed by atoms with E-state index in [0.717, 1.165) is 29.8 Å². The summed E-state index contributed by atoms with van der Waals surface area (Å²) in [4.78, 5) is 16.1. The average molecular weight is 689 g/mol. The Morgan fingerprint density at radius 2 is 1.35 bits per heavy atom. The van der Waals surface area contributed by atoms with Gasteiger partial charge in [-0.2, -0.15) is 5.10 Å². The molecule has 1 saturated heterocycles. The first-order valence-electron chi connectivity index (χ1n) is 17.2. The van der Waals surface area contributed by atoms with Crippen molar-refractivity contribution in [1.82, 2.24) is 14.7 Å². The number of aromatic nitrogens is 2. The van der Waals surface area contributed by atoms with Gasteiger partial charge in [0.05, 0.1) is 17.2 Å². The van der Waals surface area contributed by atoms with E-state index in [0.29, 0.717) is 29.8 Å². The van der Waals surface area contributed by atoms with Crippen LogP contribution in [0.1, 0.15) is 43.4 Å². The molecule has 1 amide bonds. The van der Waals surface area contributed by atoms with Crippen molar-refractivity contribution in [2.45, 2.75) is 38.3 Å². The van der Waals surface area contributed by atoms with Crippen LogP contribution in [0.3, 0.4) is 0 Å². The van der Waals surface area contributed by atoms with Crippen molar-refractivity contribution in [3.63, 3.8) is 0 Å². The summed E-state index contributed by atoms with van der Waals surface area (Å²) in [6.45, 7) is 4.86. The molecule has 6 aromatic rings. The first kappa shape index (κ1) is 34.1. The Labute approximate surface area is 295 Å². The summed E-state index contributed by atoms with van der Waals surface area (Å²) < 4.78 is 53.6. The van der Waals surface area contributed by atoms with Gasteiger partial charge in [0.1, 0.15) is 11.4 Å². The largest absolute Gasteiger partial charge is 0.485 e. The predicted molar refractivity (Wildman–Crippen MR) is 194 cm³/mol. The van der Waals surface area contributed by atoms with Gasteiger partial charge in [-0.25, -0.2) is 17.9 Å². The zero-order valence-corrected chi connectivity index (χ0v) is 28.7. The predicted octanol–water partition coefficient (Wildman–Crippen LogP) is 9.03. The number of carbonyl (C=O) groups excluding carboxylic acids is 1. The Balaban J connectivity index is 1.51. The lowest BCUT2D eigenvalue weighted by Gasteiger charge is -2.37. The van der Waals surface area contributed by atoms with Crippen LogP contribution >= 0.6 is 0 Å². The van der Waals surface area contributed by atoms with E-state index in [9.17, 15) is 9.18 Å². The van der Waals surface area contributed by atoms with Gasteiger partial charge in [-0.15, -0.1) is 0 Å². The number of benzene rings is 5. The SMILES string of the molecule is CC(C)Oc1c(F)cc(F)c(-c2ccc3c(c2)c(NC(=O)C2CCN(C)CC2)nn3C(c2ccccc2)(c2ccccc2)c2ccccc2)c1F. The first-order valence-corrected chi connectivity index (χ1v) is 17.2. The minimum Gasteiger partial charge on any atom is -0.485 e. The molecule has 0 bridgehead atoms. The number of rotatable bonds is 9. The number of anilines is 1. The summed E-state index contributed by atoms with van der Waals surface area (Å²) in [5.41, 5.74) is 2.01. The monoisotopic (exact) mass is 688 g/mol. The summed E-state index contributed by atoms with van der Waals surface area (Å²) in [6.07, 6.45) is 0.842. The van der Waals surface area contributed by atoms with E-state index in [4.69, 9.17) is 9.84 Å². The highest BCUT2D eigenvalue weighted by molar-refractivity contribution is 6.02. The molecule has 1 aromatic heterocycles. The lowest BCUT2D eigenvalue weighted by molar-refractivity contribution is -0.121. The number of carbonyl (C=O) groups is 1. The first-order chi connectivity index (χ1) is 24.7. The van der Waals surface area contributed by atoms with E-state index in [1.54, 1.807) is 32.0 Å². The number of ether oxygens (including phenoxy) is 1. The van der Waals surface area contributed by atoms with Gasteiger partial charge < -0.3 is 15.0 Å². The van der Waals surface area contributed by atoms with Crippen molar-refractivity contribution in [2.75, 3.05) is 25.5 Å². The number of amides is 1. The number of likely N-dealkylation sites (tertiary alicyclic amines) is 1. The van der Waals surface area contributed by atoms with Gasteiger partial charge >= 0.3 is 0 Å². The minimum atomic E-state index is -1.14. The summed E-state index contributed by atoms with van der Waals surface area (Å²) >= 11 is 0. The van der Waals surface area contributed by atoms with E-state index in [2.05, 4.69) is 10.2 Å². The van der Waals surface area contributed by atoms with E-state index < -0.39 is 40.4 Å². The van der Waals surface area contributed by atoms with E-state index in [-0.39, 0.29) is 23.2 Å². The average Bonchev–Trinajstić information content (AvgIpc) is 3.49. The molecule has 1 aliphatic heterocycles. The highest BCUT2D eigenvalue weighted by atomic mass is 19.1. The maximum atomic E-state index is 16.0. The number of nitrogens with zero attached hydrogens (tertiary/aromatic N) is 3. The number of halogens is 3. The molecule has 2 heterocycles.